The van der Waals surface area contributed by atoms with Gasteiger partial charge in [-0.15, -0.1) is 5.10 Å². The molecule has 41 valence electrons. The molecule has 3 heteroatoms. The molecule has 0 amide bonds. The molecule has 0 bridgehead atoms. The maximum atomic E-state index is 4.42. The van der Waals surface area contributed by atoms with Crippen molar-refractivity contribution in [2.75, 3.05) is 0 Å². The van der Waals surface area contributed by atoms with E-state index in [1.807, 2.05) is 6.92 Å². The molecule has 0 unspecified atom stereocenters. The Morgan fingerprint density at radius 1 is 1.88 bits per heavy atom. The minimum atomic E-state index is 0.632. The van der Waals surface area contributed by atoms with Crippen LogP contribution in [0.4, 0.5) is 0 Å². The van der Waals surface area contributed by atoms with Crippen LogP contribution >= 0.6 is 0 Å². The molecule has 0 aliphatic rings. The van der Waals surface area contributed by atoms with Crippen LogP contribution in [0.5, 0.6) is 0 Å². The molecule has 0 N–H and O–H groups in total. The van der Waals surface area contributed by atoms with Gasteiger partial charge in [-0.1, -0.05) is 6.08 Å². The van der Waals surface area contributed by atoms with Gasteiger partial charge in [0.2, 0.25) is 0 Å². The first-order valence-corrected chi connectivity index (χ1v) is 2.25. The Hall–Kier alpha value is -1.12. The van der Waals surface area contributed by atoms with E-state index in [2.05, 4.69) is 21.0 Å². The summed E-state index contributed by atoms with van der Waals surface area (Å²) >= 11 is 0. The lowest BCUT2D eigenvalue weighted by atomic mass is 10.4. The highest BCUT2D eigenvalue weighted by Crippen LogP contribution is 1.88. The van der Waals surface area contributed by atoms with Crippen LogP contribution < -0.4 is 0 Å². The monoisotopic (exact) mass is 109 g/mol. The Morgan fingerprint density at radius 3 is 3.25 bits per heavy atom. The highest BCUT2D eigenvalue weighted by Gasteiger charge is 1.86. The first-order chi connectivity index (χ1) is 3.93. The summed E-state index contributed by atoms with van der Waals surface area (Å²) in [5, 5.41) is 6.78. The van der Waals surface area contributed by atoms with Gasteiger partial charge in [0, 0.05) is 11.3 Å². The molecule has 1 rings (SSSR count). The molecule has 0 aliphatic carbocycles. The van der Waals surface area contributed by atoms with Gasteiger partial charge in [0.25, 0.3) is 0 Å². The van der Waals surface area contributed by atoms with Crippen LogP contribution in [-0.2, 0) is 0 Å². The molecule has 1 aromatic rings. The molecule has 0 fully saturated rings. The summed E-state index contributed by atoms with van der Waals surface area (Å²) in [5.41, 5.74) is 0.632. The Labute approximate surface area is 47.0 Å². The summed E-state index contributed by atoms with van der Waals surface area (Å²) in [6.07, 6.45) is 5.98. The van der Waals surface area contributed by atoms with E-state index in [0.29, 0.717) is 5.69 Å². The van der Waals surface area contributed by atoms with Crippen molar-refractivity contribution in [3.63, 3.8) is 0 Å². The zero-order valence-electron chi connectivity index (χ0n) is 4.46. The third kappa shape index (κ3) is 0.932. The van der Waals surface area contributed by atoms with E-state index in [1.54, 1.807) is 6.08 Å². The molecule has 0 spiro atoms. The predicted molar refractivity (Wildman–Crippen MR) is 26.9 cm³/mol. The Balaban J connectivity index is 2.77. The van der Waals surface area contributed by atoms with Crippen molar-refractivity contribution < 1.29 is 4.52 Å². The maximum absolute atomic E-state index is 4.42. The van der Waals surface area contributed by atoms with Crippen molar-refractivity contribution in [3.8, 4) is 0 Å². The highest BCUT2D eigenvalue weighted by atomic mass is 16.5. The zero-order chi connectivity index (χ0) is 5.82. The zero-order valence-corrected chi connectivity index (χ0v) is 4.46. The molecule has 0 atom stereocenters. The molecule has 0 aromatic carbocycles. The lowest BCUT2D eigenvalue weighted by molar-refractivity contribution is 0.393. The van der Waals surface area contributed by atoms with E-state index >= 15 is 0 Å². The van der Waals surface area contributed by atoms with Crippen molar-refractivity contribution >= 4 is 0 Å². The van der Waals surface area contributed by atoms with Crippen molar-refractivity contribution in [2.24, 2.45) is 0 Å². The molecule has 1 heterocycles. The second-order valence-corrected chi connectivity index (χ2v) is 1.22. The van der Waals surface area contributed by atoms with Gasteiger partial charge in [-0.05, 0) is 6.92 Å². The molecule has 3 nitrogen and oxygen atoms in total. The topological polar surface area (TPSA) is 38.9 Å². The lowest BCUT2D eigenvalue weighted by Gasteiger charge is -1.67. The van der Waals surface area contributed by atoms with E-state index in [9.17, 15) is 0 Å². The van der Waals surface area contributed by atoms with E-state index < -0.39 is 0 Å². The molecule has 1 radical (unpaired) electrons. The van der Waals surface area contributed by atoms with Crippen molar-refractivity contribution in [1.82, 2.24) is 10.4 Å². The number of aromatic nitrogens is 2. The predicted octanol–water partition coefficient (Wildman–Crippen LogP) is 0.797. The molecule has 0 saturated carbocycles. The van der Waals surface area contributed by atoms with Crippen molar-refractivity contribution in [2.45, 2.75) is 6.92 Å². The van der Waals surface area contributed by atoms with Crippen LogP contribution in [0.1, 0.15) is 12.6 Å². The number of allylic oxidation sites excluding steroid dienone is 1. The van der Waals surface area contributed by atoms with Crippen LogP contribution in [0.3, 0.4) is 0 Å². The quantitative estimate of drug-likeness (QED) is 0.535. The van der Waals surface area contributed by atoms with Crippen LogP contribution in [-0.4, -0.2) is 10.4 Å². The molecule has 8 heavy (non-hydrogen) atoms. The number of hydrogen-bond acceptors (Lipinski definition) is 3. The Bertz CT molecular complexity index is 167. The minimum absolute atomic E-state index is 0.632. The van der Waals surface area contributed by atoms with Gasteiger partial charge in [-0.2, -0.15) is 0 Å². The van der Waals surface area contributed by atoms with E-state index in [0.717, 1.165) is 0 Å². The summed E-state index contributed by atoms with van der Waals surface area (Å²) in [7, 11) is 0. The summed E-state index contributed by atoms with van der Waals surface area (Å²) in [5.74, 6) is 0. The highest BCUT2D eigenvalue weighted by molar-refractivity contribution is 5.01. The lowest BCUT2D eigenvalue weighted by Crippen LogP contribution is -1.70. The minimum Gasteiger partial charge on any atom is -0.345 e. The van der Waals surface area contributed by atoms with Gasteiger partial charge in [0.05, 0.1) is 0 Å². The normalized spacial score (nSPS) is 10.6. The van der Waals surface area contributed by atoms with Crippen LogP contribution in [0.25, 0.3) is 0 Å². The first kappa shape index (κ1) is 5.03. The van der Waals surface area contributed by atoms with Crippen LogP contribution in [0.15, 0.2) is 16.9 Å². The third-order valence-corrected chi connectivity index (χ3v) is 0.652. The molecular weight excluding hydrogens is 104 g/mol. The molecule has 1 aromatic heterocycles. The van der Waals surface area contributed by atoms with E-state index in [-0.39, 0.29) is 0 Å². The summed E-state index contributed by atoms with van der Waals surface area (Å²) < 4.78 is 4.42. The SMILES string of the molecule is C/C=[C]/c1conn1. The molecule has 0 aliphatic heterocycles. The average Bonchev–Trinajstić information content (AvgIpc) is 2.19. The number of rotatable bonds is 1. The second kappa shape index (κ2) is 2.26. The first-order valence-electron chi connectivity index (χ1n) is 2.25. The molecule has 0 saturated heterocycles. The van der Waals surface area contributed by atoms with Gasteiger partial charge in [0.15, 0.2) is 6.26 Å². The van der Waals surface area contributed by atoms with Crippen LogP contribution in [0.2, 0.25) is 0 Å². The third-order valence-electron chi connectivity index (χ3n) is 0.652. The van der Waals surface area contributed by atoms with Gasteiger partial charge in [-0.3, -0.25) is 0 Å². The van der Waals surface area contributed by atoms with E-state index in [1.165, 1.54) is 6.26 Å². The average molecular weight is 109 g/mol. The Morgan fingerprint density at radius 2 is 2.75 bits per heavy atom. The second-order valence-electron chi connectivity index (χ2n) is 1.22. The fourth-order valence-electron chi connectivity index (χ4n) is 0.375. The largest absolute Gasteiger partial charge is 0.345 e. The Kier molecular flexibility index (Phi) is 1.42. The van der Waals surface area contributed by atoms with Gasteiger partial charge in [-0.25, -0.2) is 0 Å². The maximum Gasteiger partial charge on any atom is 0.152 e. The van der Waals surface area contributed by atoms with Crippen molar-refractivity contribution in [3.05, 3.63) is 24.1 Å². The smallest absolute Gasteiger partial charge is 0.152 e. The fraction of sp³-hybridized carbons (Fsp3) is 0.200. The van der Waals surface area contributed by atoms with Gasteiger partial charge < -0.3 is 4.52 Å². The molecular formula is C5H5N2O. The summed E-state index contributed by atoms with van der Waals surface area (Å²) in [4.78, 5) is 0. The fourth-order valence-corrected chi connectivity index (χ4v) is 0.375. The standard InChI is InChI=1S/C5H5N2O/c1-2-3-5-4-8-7-6-5/h2,4H,1H3. The summed E-state index contributed by atoms with van der Waals surface area (Å²) in [6.45, 7) is 1.86. The van der Waals surface area contributed by atoms with Gasteiger partial charge in [0.1, 0.15) is 5.69 Å². The van der Waals surface area contributed by atoms with Crippen molar-refractivity contribution in [1.29, 1.82) is 0 Å². The van der Waals surface area contributed by atoms with E-state index in [4.69, 9.17) is 0 Å². The van der Waals surface area contributed by atoms with Gasteiger partial charge >= 0.3 is 0 Å². The summed E-state index contributed by atoms with van der Waals surface area (Å²) in [6, 6.07) is 0. The number of hydrogen-bond donors (Lipinski definition) is 0. The van der Waals surface area contributed by atoms with Crippen LogP contribution in [0, 0.1) is 6.08 Å². The number of nitrogens with zero attached hydrogens (tertiary/aromatic N) is 2.